The Bertz CT molecular complexity index is 659. The molecule has 5 heteroatoms. The van der Waals surface area contributed by atoms with Gasteiger partial charge in [0.2, 0.25) is 0 Å². The molecule has 0 bridgehead atoms. The summed E-state index contributed by atoms with van der Waals surface area (Å²) in [7, 11) is 0. The molecule has 0 aliphatic carbocycles. The molecule has 1 fully saturated rings. The number of rotatable bonds is 7. The second-order valence-corrected chi connectivity index (χ2v) is 6.10. The number of carbonyl (C=O) groups excluding carboxylic acids is 1. The van der Waals surface area contributed by atoms with Gasteiger partial charge in [-0.3, -0.25) is 4.79 Å². The first-order valence-electron chi connectivity index (χ1n) is 8.35. The molecular weight excluding hydrogens is 306 g/mol. The van der Waals surface area contributed by atoms with E-state index in [2.05, 4.69) is 5.32 Å². The van der Waals surface area contributed by atoms with Crippen molar-refractivity contribution < 1.29 is 18.7 Å². The predicted octanol–water partition coefficient (Wildman–Crippen LogP) is 3.32. The highest BCUT2D eigenvalue weighted by Crippen LogP contribution is 2.18. The fourth-order valence-electron chi connectivity index (χ4n) is 2.80. The summed E-state index contributed by atoms with van der Waals surface area (Å²) in [6.07, 6.45) is 2.02. The van der Waals surface area contributed by atoms with E-state index in [1.165, 1.54) is 0 Å². The van der Waals surface area contributed by atoms with Crippen molar-refractivity contribution >= 4 is 5.91 Å². The monoisotopic (exact) mass is 329 g/mol. The van der Waals surface area contributed by atoms with Crippen LogP contribution in [0.1, 0.15) is 34.7 Å². The molecule has 2 aromatic rings. The first kappa shape index (κ1) is 16.6. The third-order valence-electron chi connectivity index (χ3n) is 4.16. The largest absolute Gasteiger partial charge is 0.486 e. The Hall–Kier alpha value is -2.27. The maximum Gasteiger partial charge on any atom is 0.287 e. The topological polar surface area (TPSA) is 60.7 Å². The van der Waals surface area contributed by atoms with Crippen LogP contribution in [0.4, 0.5) is 0 Å². The minimum atomic E-state index is -0.169. The van der Waals surface area contributed by atoms with Gasteiger partial charge in [-0.2, -0.15) is 0 Å². The van der Waals surface area contributed by atoms with E-state index in [1.54, 1.807) is 0 Å². The maximum absolute atomic E-state index is 12.2. The van der Waals surface area contributed by atoms with Gasteiger partial charge in [-0.15, -0.1) is 0 Å². The fourth-order valence-corrected chi connectivity index (χ4v) is 2.80. The number of nitrogens with one attached hydrogen (secondary N) is 1. The lowest BCUT2D eigenvalue weighted by atomic mass is 10.1. The van der Waals surface area contributed by atoms with Gasteiger partial charge in [0.05, 0.1) is 0 Å². The molecule has 1 aromatic carbocycles. The maximum atomic E-state index is 12.2. The molecule has 1 saturated heterocycles. The summed E-state index contributed by atoms with van der Waals surface area (Å²) < 4.78 is 16.6. The number of hydrogen-bond donors (Lipinski definition) is 1. The minimum Gasteiger partial charge on any atom is -0.486 e. The Kier molecular flexibility index (Phi) is 5.54. The molecule has 1 aliphatic heterocycles. The lowest BCUT2D eigenvalue weighted by molar-refractivity contribution is 0.0917. The highest BCUT2D eigenvalue weighted by Gasteiger charge is 2.18. The van der Waals surface area contributed by atoms with Crippen molar-refractivity contribution in [1.82, 2.24) is 5.32 Å². The van der Waals surface area contributed by atoms with Gasteiger partial charge in [0.25, 0.3) is 5.91 Å². The third-order valence-corrected chi connectivity index (χ3v) is 4.16. The highest BCUT2D eigenvalue weighted by atomic mass is 16.5. The second-order valence-electron chi connectivity index (χ2n) is 6.10. The minimum absolute atomic E-state index is 0.169. The SMILES string of the molecule is Cc1cc(COc2ccccc2)oc1C(=O)NCC[C@@H]1CCOC1. The molecule has 128 valence electrons. The van der Waals surface area contributed by atoms with Crippen LogP contribution in [0, 0.1) is 12.8 Å². The average Bonchev–Trinajstić information content (AvgIpc) is 3.23. The predicted molar refractivity (Wildman–Crippen MR) is 90.1 cm³/mol. The zero-order valence-electron chi connectivity index (χ0n) is 13.9. The van der Waals surface area contributed by atoms with E-state index in [9.17, 15) is 4.79 Å². The normalized spacial score (nSPS) is 17.0. The second kappa shape index (κ2) is 8.02. The molecule has 0 saturated carbocycles. The van der Waals surface area contributed by atoms with Gasteiger partial charge < -0.3 is 19.2 Å². The quantitative estimate of drug-likeness (QED) is 0.846. The molecule has 1 N–H and O–H groups in total. The Morgan fingerprint density at radius 2 is 2.17 bits per heavy atom. The number of amides is 1. The van der Waals surface area contributed by atoms with Crippen LogP contribution in [0.15, 0.2) is 40.8 Å². The lowest BCUT2D eigenvalue weighted by Crippen LogP contribution is -2.26. The molecule has 0 unspecified atom stereocenters. The van der Waals surface area contributed by atoms with Crippen molar-refractivity contribution in [3.63, 3.8) is 0 Å². The summed E-state index contributed by atoms with van der Waals surface area (Å²) >= 11 is 0. The molecule has 1 amide bonds. The zero-order chi connectivity index (χ0) is 16.8. The number of furan rings is 1. The molecule has 2 heterocycles. The van der Waals surface area contributed by atoms with Crippen LogP contribution in [0.25, 0.3) is 0 Å². The van der Waals surface area contributed by atoms with E-state index in [0.717, 1.165) is 37.4 Å². The number of ether oxygens (including phenoxy) is 2. The van der Waals surface area contributed by atoms with E-state index in [0.29, 0.717) is 30.6 Å². The summed E-state index contributed by atoms with van der Waals surface area (Å²) in [6.45, 7) is 4.45. The molecule has 1 aliphatic rings. The van der Waals surface area contributed by atoms with Gasteiger partial charge in [0.15, 0.2) is 5.76 Å². The first-order chi connectivity index (χ1) is 11.7. The van der Waals surface area contributed by atoms with Crippen LogP contribution in [-0.4, -0.2) is 25.7 Å². The van der Waals surface area contributed by atoms with Gasteiger partial charge in [0, 0.05) is 25.3 Å². The van der Waals surface area contributed by atoms with Gasteiger partial charge in [-0.05, 0) is 43.9 Å². The van der Waals surface area contributed by atoms with E-state index in [-0.39, 0.29) is 5.91 Å². The molecular formula is C19H23NO4. The third kappa shape index (κ3) is 4.38. The van der Waals surface area contributed by atoms with E-state index in [4.69, 9.17) is 13.9 Å². The zero-order valence-corrected chi connectivity index (χ0v) is 13.9. The summed E-state index contributed by atoms with van der Waals surface area (Å²) in [5.41, 5.74) is 0.823. The van der Waals surface area contributed by atoms with Gasteiger partial charge in [0.1, 0.15) is 18.1 Å². The first-order valence-corrected chi connectivity index (χ1v) is 8.35. The van der Waals surface area contributed by atoms with Crippen molar-refractivity contribution in [2.45, 2.75) is 26.4 Å². The van der Waals surface area contributed by atoms with E-state index in [1.807, 2.05) is 43.3 Å². The van der Waals surface area contributed by atoms with Crippen LogP contribution < -0.4 is 10.1 Å². The van der Waals surface area contributed by atoms with Crippen LogP contribution in [-0.2, 0) is 11.3 Å². The van der Waals surface area contributed by atoms with Crippen molar-refractivity contribution in [2.24, 2.45) is 5.92 Å². The summed E-state index contributed by atoms with van der Waals surface area (Å²) in [5.74, 6) is 2.17. The molecule has 1 atom stereocenters. The van der Waals surface area contributed by atoms with Crippen LogP contribution >= 0.6 is 0 Å². The Morgan fingerprint density at radius 3 is 2.92 bits per heavy atom. The van der Waals surface area contributed by atoms with Crippen LogP contribution in [0.5, 0.6) is 5.75 Å². The van der Waals surface area contributed by atoms with Crippen molar-refractivity contribution in [2.75, 3.05) is 19.8 Å². The standard InChI is InChI=1S/C19H23NO4/c1-14-11-17(13-23-16-5-3-2-4-6-16)24-18(14)19(21)20-9-7-15-8-10-22-12-15/h2-6,11,15H,7-10,12-13H2,1H3,(H,20,21)/t15-/m1/s1. The number of aryl methyl sites for hydroxylation is 1. The fraction of sp³-hybridized carbons (Fsp3) is 0.421. The van der Waals surface area contributed by atoms with Gasteiger partial charge in [-0.1, -0.05) is 18.2 Å². The molecule has 5 nitrogen and oxygen atoms in total. The number of benzene rings is 1. The summed E-state index contributed by atoms with van der Waals surface area (Å²) in [5, 5.41) is 2.92. The number of carbonyl (C=O) groups is 1. The Morgan fingerprint density at radius 1 is 1.33 bits per heavy atom. The molecule has 0 radical (unpaired) electrons. The van der Waals surface area contributed by atoms with Crippen molar-refractivity contribution in [3.05, 3.63) is 53.5 Å². The van der Waals surface area contributed by atoms with E-state index >= 15 is 0 Å². The molecule has 3 rings (SSSR count). The van der Waals surface area contributed by atoms with Gasteiger partial charge >= 0.3 is 0 Å². The van der Waals surface area contributed by atoms with Crippen LogP contribution in [0.2, 0.25) is 0 Å². The summed E-state index contributed by atoms with van der Waals surface area (Å²) in [6, 6.07) is 11.4. The van der Waals surface area contributed by atoms with E-state index < -0.39 is 0 Å². The van der Waals surface area contributed by atoms with Gasteiger partial charge in [-0.25, -0.2) is 0 Å². The highest BCUT2D eigenvalue weighted by molar-refractivity contribution is 5.92. The van der Waals surface area contributed by atoms with Crippen molar-refractivity contribution in [3.8, 4) is 5.75 Å². The summed E-state index contributed by atoms with van der Waals surface area (Å²) in [4.78, 5) is 12.2. The molecule has 24 heavy (non-hydrogen) atoms. The lowest BCUT2D eigenvalue weighted by Gasteiger charge is -2.08. The Labute approximate surface area is 141 Å². The Balaban J connectivity index is 1.50. The van der Waals surface area contributed by atoms with Crippen LogP contribution in [0.3, 0.4) is 0 Å². The molecule has 1 aromatic heterocycles. The number of hydrogen-bond acceptors (Lipinski definition) is 4. The number of para-hydroxylation sites is 1. The average molecular weight is 329 g/mol. The molecule has 0 spiro atoms. The smallest absolute Gasteiger partial charge is 0.287 e. The van der Waals surface area contributed by atoms with Crippen molar-refractivity contribution in [1.29, 1.82) is 0 Å².